The Morgan fingerprint density at radius 2 is 2.23 bits per heavy atom. The van der Waals surface area contributed by atoms with Crippen LogP contribution in [-0.4, -0.2) is 27.3 Å². The number of fused-ring (bicyclic) bond motifs is 1. The molecule has 160 valence electrons. The van der Waals surface area contributed by atoms with Gasteiger partial charge < -0.3 is 13.7 Å². The number of esters is 1. The number of aromatic nitrogens is 3. The molecule has 3 heterocycles. The molecule has 0 amide bonds. The summed E-state index contributed by atoms with van der Waals surface area (Å²) in [6.07, 6.45) is 3.09. The van der Waals surface area contributed by atoms with Crippen molar-refractivity contribution in [3.05, 3.63) is 62.2 Å². The molecule has 4 aromatic rings. The highest BCUT2D eigenvalue weighted by Gasteiger charge is 2.30. The van der Waals surface area contributed by atoms with E-state index in [1.807, 2.05) is 18.2 Å². The molecule has 9 heteroatoms. The van der Waals surface area contributed by atoms with Crippen LogP contribution >= 0.6 is 39.0 Å². The summed E-state index contributed by atoms with van der Waals surface area (Å²) in [4.78, 5) is 13.8. The lowest BCUT2D eigenvalue weighted by atomic mass is 10.1. The van der Waals surface area contributed by atoms with Crippen LogP contribution in [0.1, 0.15) is 52.6 Å². The zero-order valence-electron chi connectivity index (χ0n) is 16.8. The number of carbonyl (C=O) groups is 1. The summed E-state index contributed by atoms with van der Waals surface area (Å²) in [6.45, 7) is 2.09. The van der Waals surface area contributed by atoms with Crippen LogP contribution in [0.2, 0.25) is 0 Å². The quantitative estimate of drug-likeness (QED) is 0.203. The largest absolute Gasteiger partial charge is 0.460 e. The van der Waals surface area contributed by atoms with Crippen LogP contribution in [0.4, 0.5) is 0 Å². The number of furan rings is 1. The van der Waals surface area contributed by atoms with Crippen LogP contribution in [0.3, 0.4) is 0 Å². The average Bonchev–Trinajstić information content (AvgIpc) is 3.16. The molecule has 0 bridgehead atoms. The summed E-state index contributed by atoms with van der Waals surface area (Å²) < 4.78 is 14.3. The van der Waals surface area contributed by atoms with Gasteiger partial charge in [0.15, 0.2) is 5.16 Å². The number of benzene rings is 1. The van der Waals surface area contributed by atoms with Crippen molar-refractivity contribution in [2.45, 2.75) is 43.1 Å². The Bertz CT molecular complexity index is 1230. The van der Waals surface area contributed by atoms with Crippen LogP contribution in [0.5, 0.6) is 0 Å². The summed E-state index contributed by atoms with van der Waals surface area (Å²) in [5.41, 5.74) is 1.49. The third-order valence-corrected chi connectivity index (χ3v) is 7.46. The molecule has 6 nitrogen and oxygen atoms in total. The lowest BCUT2D eigenvalue weighted by Crippen LogP contribution is -2.06. The number of hydrogen-bond acceptors (Lipinski definition) is 7. The number of nitrogens with zero attached hydrogens (tertiary/aromatic N) is 3. The summed E-state index contributed by atoms with van der Waals surface area (Å²) in [5, 5.41) is 12.9. The molecule has 0 radical (unpaired) electrons. The van der Waals surface area contributed by atoms with Gasteiger partial charge in [-0.25, -0.2) is 4.79 Å². The molecule has 1 saturated carbocycles. The molecule has 1 aliphatic carbocycles. The van der Waals surface area contributed by atoms with Gasteiger partial charge in [-0.15, -0.1) is 21.5 Å². The van der Waals surface area contributed by atoms with E-state index in [1.165, 1.54) is 4.88 Å². The molecule has 0 spiro atoms. The van der Waals surface area contributed by atoms with Gasteiger partial charge in [0, 0.05) is 38.5 Å². The topological polar surface area (TPSA) is 70.2 Å². The lowest BCUT2D eigenvalue weighted by molar-refractivity contribution is 0.0491. The molecular formula is C22H20BrN3O3S2. The van der Waals surface area contributed by atoms with Gasteiger partial charge in [0.1, 0.15) is 11.4 Å². The van der Waals surface area contributed by atoms with E-state index in [0.29, 0.717) is 24.0 Å². The minimum absolute atomic E-state index is 0.263. The number of thiophene rings is 1. The summed E-state index contributed by atoms with van der Waals surface area (Å²) in [7, 11) is 0. The van der Waals surface area contributed by atoms with Crippen molar-refractivity contribution in [2.75, 3.05) is 6.61 Å². The SMILES string of the molecule is CCOC(=O)c1oc2ccc(Br)cc2c1CSc1nnc(Cc2cccs2)n1C1CC1. The molecule has 0 saturated heterocycles. The van der Waals surface area contributed by atoms with Crippen molar-refractivity contribution in [2.24, 2.45) is 0 Å². The monoisotopic (exact) mass is 517 g/mol. The van der Waals surface area contributed by atoms with Crippen molar-refractivity contribution in [3.8, 4) is 0 Å². The van der Waals surface area contributed by atoms with E-state index in [-0.39, 0.29) is 5.76 Å². The van der Waals surface area contributed by atoms with E-state index in [1.54, 1.807) is 30.0 Å². The van der Waals surface area contributed by atoms with Crippen LogP contribution in [0.15, 0.2) is 49.8 Å². The predicted octanol–water partition coefficient (Wildman–Crippen LogP) is 6.24. The molecule has 0 aliphatic heterocycles. The Hall–Kier alpha value is -2.10. The first-order valence-electron chi connectivity index (χ1n) is 10.1. The summed E-state index contributed by atoms with van der Waals surface area (Å²) in [6, 6.07) is 10.4. The van der Waals surface area contributed by atoms with Gasteiger partial charge in [-0.1, -0.05) is 33.8 Å². The van der Waals surface area contributed by atoms with Crippen molar-refractivity contribution < 1.29 is 13.9 Å². The van der Waals surface area contributed by atoms with Crippen LogP contribution in [-0.2, 0) is 16.9 Å². The second-order valence-corrected chi connectivity index (χ2v) is 10.2. The average molecular weight is 518 g/mol. The fourth-order valence-corrected chi connectivity index (χ4v) is 5.67. The second kappa shape index (κ2) is 8.80. The first-order chi connectivity index (χ1) is 15.1. The van der Waals surface area contributed by atoms with Crippen LogP contribution in [0, 0.1) is 0 Å². The van der Waals surface area contributed by atoms with Gasteiger partial charge in [0.25, 0.3) is 0 Å². The van der Waals surface area contributed by atoms with E-state index >= 15 is 0 Å². The first-order valence-corrected chi connectivity index (χ1v) is 12.8. The van der Waals surface area contributed by atoms with Gasteiger partial charge in [0.2, 0.25) is 5.76 Å². The number of rotatable bonds is 8. The van der Waals surface area contributed by atoms with Crippen molar-refractivity contribution in [1.82, 2.24) is 14.8 Å². The Labute approximate surface area is 196 Å². The Kier molecular flexibility index (Phi) is 5.90. The molecule has 0 N–H and O–H groups in total. The lowest BCUT2D eigenvalue weighted by Gasteiger charge is -2.08. The maximum atomic E-state index is 12.5. The highest BCUT2D eigenvalue weighted by molar-refractivity contribution is 9.10. The number of halogens is 1. The van der Waals surface area contributed by atoms with Crippen LogP contribution in [0.25, 0.3) is 11.0 Å². The zero-order valence-corrected chi connectivity index (χ0v) is 20.1. The summed E-state index contributed by atoms with van der Waals surface area (Å²) in [5.74, 6) is 1.37. The normalized spacial score (nSPS) is 13.7. The van der Waals surface area contributed by atoms with Gasteiger partial charge in [-0.2, -0.15) is 0 Å². The van der Waals surface area contributed by atoms with E-state index in [4.69, 9.17) is 9.15 Å². The molecule has 31 heavy (non-hydrogen) atoms. The second-order valence-electron chi connectivity index (χ2n) is 7.32. The van der Waals surface area contributed by atoms with Crippen molar-refractivity contribution >= 4 is 56.0 Å². The fourth-order valence-electron chi connectivity index (χ4n) is 3.56. The number of hydrogen-bond donors (Lipinski definition) is 0. The van der Waals surface area contributed by atoms with E-state index in [2.05, 4.69) is 48.2 Å². The maximum absolute atomic E-state index is 12.5. The summed E-state index contributed by atoms with van der Waals surface area (Å²) >= 11 is 6.84. The zero-order chi connectivity index (χ0) is 21.4. The minimum Gasteiger partial charge on any atom is -0.460 e. The minimum atomic E-state index is -0.438. The van der Waals surface area contributed by atoms with Gasteiger partial charge >= 0.3 is 5.97 Å². The van der Waals surface area contributed by atoms with Crippen molar-refractivity contribution in [1.29, 1.82) is 0 Å². The molecule has 1 aromatic carbocycles. The van der Waals surface area contributed by atoms with E-state index < -0.39 is 5.97 Å². The molecule has 0 unspecified atom stereocenters. The van der Waals surface area contributed by atoms with Crippen LogP contribution < -0.4 is 0 Å². The molecule has 0 atom stereocenters. The highest BCUT2D eigenvalue weighted by atomic mass is 79.9. The third kappa shape index (κ3) is 4.31. The van der Waals surface area contributed by atoms with E-state index in [9.17, 15) is 4.79 Å². The molecule has 5 rings (SSSR count). The predicted molar refractivity (Wildman–Crippen MR) is 125 cm³/mol. The maximum Gasteiger partial charge on any atom is 0.374 e. The van der Waals surface area contributed by atoms with Gasteiger partial charge in [-0.05, 0) is 49.4 Å². The fraction of sp³-hybridized carbons (Fsp3) is 0.318. The molecular weight excluding hydrogens is 498 g/mol. The Morgan fingerprint density at radius 3 is 2.97 bits per heavy atom. The van der Waals surface area contributed by atoms with Gasteiger partial charge in [-0.3, -0.25) is 0 Å². The molecule has 1 aliphatic rings. The molecule has 1 fully saturated rings. The number of carbonyl (C=O) groups excluding carboxylic acids is 1. The third-order valence-electron chi connectivity index (χ3n) is 5.12. The van der Waals surface area contributed by atoms with E-state index in [0.717, 1.165) is 45.7 Å². The standard InChI is InChI=1S/C22H20BrN3O3S2/c1-2-28-21(27)20-17(16-10-13(23)5-8-18(16)29-20)12-31-22-25-24-19(26(22)14-6-7-14)11-15-4-3-9-30-15/h3-5,8-10,14H,2,6-7,11-12H2,1H3. The smallest absolute Gasteiger partial charge is 0.374 e. The van der Waals surface area contributed by atoms with Crippen molar-refractivity contribution in [3.63, 3.8) is 0 Å². The highest BCUT2D eigenvalue weighted by Crippen LogP contribution is 2.41. The Balaban J connectivity index is 1.46. The van der Waals surface area contributed by atoms with Gasteiger partial charge in [0.05, 0.1) is 6.61 Å². The number of thioether (sulfide) groups is 1. The first kappa shape index (κ1) is 20.8. The Morgan fingerprint density at radius 1 is 1.35 bits per heavy atom. The molecule has 3 aromatic heterocycles. The number of ether oxygens (including phenoxy) is 1.